The van der Waals surface area contributed by atoms with Crippen molar-refractivity contribution >= 4 is 11.3 Å². The monoisotopic (exact) mass is 352 g/mol. The van der Waals surface area contributed by atoms with Crippen LogP contribution in [0.5, 0.6) is 0 Å². The van der Waals surface area contributed by atoms with Crippen molar-refractivity contribution in [2.45, 2.75) is 58.0 Å². The van der Waals surface area contributed by atoms with Gasteiger partial charge in [-0.05, 0) is 49.6 Å². The molecule has 0 spiro atoms. The summed E-state index contributed by atoms with van der Waals surface area (Å²) in [5.74, 6) is 1.37. The first kappa shape index (κ1) is 19.9. The largest absolute Gasteiger partial charge is 0.393 e. The molecule has 2 rings (SSSR count). The van der Waals surface area contributed by atoms with E-state index in [-0.39, 0.29) is 6.10 Å². The zero-order valence-electron chi connectivity index (χ0n) is 15.8. The average molecular weight is 353 g/mol. The van der Waals surface area contributed by atoms with Crippen LogP contribution in [-0.4, -0.2) is 60.8 Å². The molecule has 3 unspecified atom stereocenters. The lowest BCUT2D eigenvalue weighted by Gasteiger charge is -2.35. The maximum Gasteiger partial charge on any atom is 0.0537 e. The molecule has 0 bridgehead atoms. The Morgan fingerprint density at radius 3 is 2.50 bits per heavy atom. The maximum atomic E-state index is 9.75. The number of aliphatic hydroxyl groups is 1. The van der Waals surface area contributed by atoms with Crippen molar-refractivity contribution in [1.82, 2.24) is 9.80 Å². The second kappa shape index (κ2) is 10.5. The van der Waals surface area contributed by atoms with E-state index in [0.29, 0.717) is 11.8 Å². The second-order valence-electron chi connectivity index (χ2n) is 7.55. The van der Waals surface area contributed by atoms with Crippen LogP contribution in [0.2, 0.25) is 0 Å². The van der Waals surface area contributed by atoms with Gasteiger partial charge in [0.05, 0.1) is 6.10 Å². The van der Waals surface area contributed by atoms with Crippen LogP contribution in [0.25, 0.3) is 0 Å². The zero-order chi connectivity index (χ0) is 17.4. The fourth-order valence-electron chi connectivity index (χ4n) is 3.72. The van der Waals surface area contributed by atoms with Gasteiger partial charge in [0.1, 0.15) is 0 Å². The summed E-state index contributed by atoms with van der Waals surface area (Å²) >= 11 is 1.91. The molecule has 3 nitrogen and oxygen atoms in total. The molecular weight excluding hydrogens is 316 g/mol. The Labute approximate surface area is 152 Å². The minimum Gasteiger partial charge on any atom is -0.393 e. The minimum atomic E-state index is -0.104. The summed E-state index contributed by atoms with van der Waals surface area (Å²) in [6.07, 6.45) is 5.37. The molecule has 2 heterocycles. The van der Waals surface area contributed by atoms with E-state index in [9.17, 15) is 5.11 Å². The fraction of sp³-hybridized carbons (Fsp3) is 0.800. The summed E-state index contributed by atoms with van der Waals surface area (Å²) in [7, 11) is 2.22. The number of unbranched alkanes of at least 4 members (excludes halogenated alkanes) is 1. The molecule has 1 fully saturated rings. The van der Waals surface area contributed by atoms with Crippen molar-refractivity contribution in [1.29, 1.82) is 0 Å². The molecule has 0 radical (unpaired) electrons. The van der Waals surface area contributed by atoms with E-state index in [4.69, 9.17) is 0 Å². The van der Waals surface area contributed by atoms with Crippen molar-refractivity contribution in [3.63, 3.8) is 0 Å². The van der Waals surface area contributed by atoms with Gasteiger partial charge in [-0.1, -0.05) is 32.8 Å². The van der Waals surface area contributed by atoms with Gasteiger partial charge in [0, 0.05) is 37.6 Å². The van der Waals surface area contributed by atoms with Crippen molar-refractivity contribution in [2.75, 3.05) is 39.8 Å². The lowest BCUT2D eigenvalue weighted by Crippen LogP contribution is -2.46. The van der Waals surface area contributed by atoms with Crippen LogP contribution in [0.4, 0.5) is 0 Å². The first-order valence-corrected chi connectivity index (χ1v) is 10.6. The summed E-state index contributed by atoms with van der Waals surface area (Å²) in [5, 5.41) is 12.0. The van der Waals surface area contributed by atoms with Gasteiger partial charge in [0.2, 0.25) is 0 Å². The summed E-state index contributed by atoms with van der Waals surface area (Å²) < 4.78 is 0. The van der Waals surface area contributed by atoms with Gasteiger partial charge in [-0.3, -0.25) is 0 Å². The second-order valence-corrected chi connectivity index (χ2v) is 8.53. The SMILES string of the molecule is CCC(O)CCCCC(c1cccs1)C(C)CN1CCN(C)CC1. The van der Waals surface area contributed by atoms with E-state index in [1.807, 2.05) is 11.3 Å². The van der Waals surface area contributed by atoms with Crippen LogP contribution in [0.3, 0.4) is 0 Å². The third kappa shape index (κ3) is 6.47. The van der Waals surface area contributed by atoms with E-state index in [2.05, 4.69) is 48.2 Å². The molecule has 0 aliphatic carbocycles. The standard InChI is InChI=1S/C20H36N2OS/c1-4-18(23)8-5-6-9-19(20-10-7-15-24-20)17(2)16-22-13-11-21(3)12-14-22/h7,10,15,17-19,23H,4-6,8-9,11-14,16H2,1-3H3. The quantitative estimate of drug-likeness (QED) is 0.644. The zero-order valence-corrected chi connectivity index (χ0v) is 16.6. The Kier molecular flexibility index (Phi) is 8.74. The molecule has 1 aromatic rings. The predicted octanol–water partition coefficient (Wildman–Crippen LogP) is 4.05. The smallest absolute Gasteiger partial charge is 0.0537 e. The number of thiophene rings is 1. The van der Waals surface area contributed by atoms with Crippen molar-refractivity contribution in [2.24, 2.45) is 5.92 Å². The summed E-state index contributed by atoms with van der Waals surface area (Å²) in [6.45, 7) is 10.5. The third-order valence-electron chi connectivity index (χ3n) is 5.51. The van der Waals surface area contributed by atoms with Crippen molar-refractivity contribution < 1.29 is 5.11 Å². The molecule has 3 atom stereocenters. The number of hydrogen-bond donors (Lipinski definition) is 1. The van der Waals surface area contributed by atoms with Gasteiger partial charge < -0.3 is 14.9 Å². The van der Waals surface area contributed by atoms with Gasteiger partial charge >= 0.3 is 0 Å². The van der Waals surface area contributed by atoms with E-state index >= 15 is 0 Å². The molecule has 138 valence electrons. The Morgan fingerprint density at radius 1 is 1.17 bits per heavy atom. The molecule has 1 aromatic heterocycles. The van der Waals surface area contributed by atoms with Crippen LogP contribution in [-0.2, 0) is 0 Å². The normalized spacial score (nSPS) is 20.8. The number of piperazine rings is 1. The number of aliphatic hydroxyl groups excluding tert-OH is 1. The fourth-order valence-corrected chi connectivity index (χ4v) is 4.72. The molecule has 1 aliphatic heterocycles. The molecule has 1 aliphatic rings. The molecule has 4 heteroatoms. The first-order chi connectivity index (χ1) is 11.6. The number of nitrogens with zero attached hydrogens (tertiary/aromatic N) is 2. The Bertz CT molecular complexity index is 429. The minimum absolute atomic E-state index is 0.104. The van der Waals surface area contributed by atoms with Crippen molar-refractivity contribution in [3.8, 4) is 0 Å². The van der Waals surface area contributed by atoms with E-state index in [0.717, 1.165) is 19.3 Å². The van der Waals surface area contributed by atoms with Crippen LogP contribution in [0, 0.1) is 5.92 Å². The van der Waals surface area contributed by atoms with Gasteiger partial charge in [-0.2, -0.15) is 0 Å². The highest BCUT2D eigenvalue weighted by molar-refractivity contribution is 7.10. The Balaban J connectivity index is 1.83. The molecule has 0 saturated carbocycles. The third-order valence-corrected chi connectivity index (χ3v) is 6.52. The van der Waals surface area contributed by atoms with Crippen LogP contribution < -0.4 is 0 Å². The van der Waals surface area contributed by atoms with Crippen molar-refractivity contribution in [3.05, 3.63) is 22.4 Å². The summed E-state index contributed by atoms with van der Waals surface area (Å²) in [4.78, 5) is 6.62. The number of rotatable bonds is 10. The molecule has 0 amide bonds. The average Bonchev–Trinajstić information content (AvgIpc) is 3.10. The highest BCUT2D eigenvalue weighted by Gasteiger charge is 2.24. The predicted molar refractivity (Wildman–Crippen MR) is 105 cm³/mol. The topological polar surface area (TPSA) is 26.7 Å². The molecule has 0 aromatic carbocycles. The van der Waals surface area contributed by atoms with E-state index in [1.54, 1.807) is 4.88 Å². The molecule has 24 heavy (non-hydrogen) atoms. The molecule has 1 N–H and O–H groups in total. The van der Waals surface area contributed by atoms with Crippen LogP contribution >= 0.6 is 11.3 Å². The van der Waals surface area contributed by atoms with Crippen LogP contribution in [0.15, 0.2) is 17.5 Å². The van der Waals surface area contributed by atoms with E-state index < -0.39 is 0 Å². The highest BCUT2D eigenvalue weighted by atomic mass is 32.1. The Morgan fingerprint density at radius 2 is 1.88 bits per heavy atom. The number of likely N-dealkylation sites (N-methyl/N-ethyl adjacent to an activating group) is 1. The molecular formula is C20H36N2OS. The lowest BCUT2D eigenvalue weighted by atomic mass is 9.87. The number of hydrogen-bond acceptors (Lipinski definition) is 4. The van der Waals surface area contributed by atoms with Gasteiger partial charge in [-0.25, -0.2) is 0 Å². The highest BCUT2D eigenvalue weighted by Crippen LogP contribution is 2.34. The van der Waals surface area contributed by atoms with E-state index in [1.165, 1.54) is 45.6 Å². The summed E-state index contributed by atoms with van der Waals surface area (Å²) in [6, 6.07) is 4.51. The first-order valence-electron chi connectivity index (χ1n) is 9.72. The van der Waals surface area contributed by atoms with Gasteiger partial charge in [0.25, 0.3) is 0 Å². The van der Waals surface area contributed by atoms with Crippen LogP contribution in [0.1, 0.15) is 56.7 Å². The summed E-state index contributed by atoms with van der Waals surface area (Å²) in [5.41, 5.74) is 0. The van der Waals surface area contributed by atoms with Gasteiger partial charge in [0.15, 0.2) is 0 Å². The molecule has 1 saturated heterocycles. The lowest BCUT2D eigenvalue weighted by molar-refractivity contribution is 0.131. The van der Waals surface area contributed by atoms with Gasteiger partial charge in [-0.15, -0.1) is 11.3 Å². The Hall–Kier alpha value is -0.420. The maximum absolute atomic E-state index is 9.75.